The highest BCUT2D eigenvalue weighted by Crippen LogP contribution is 2.43. The molecule has 1 amide bonds. The van der Waals surface area contributed by atoms with Crippen LogP contribution < -0.4 is 10.6 Å². The van der Waals surface area contributed by atoms with Crippen molar-refractivity contribution in [3.8, 4) is 6.07 Å². The van der Waals surface area contributed by atoms with Crippen LogP contribution in [0.5, 0.6) is 0 Å². The third-order valence-corrected chi connectivity index (χ3v) is 6.49. The maximum absolute atomic E-state index is 12.8. The van der Waals surface area contributed by atoms with Gasteiger partial charge in [-0.2, -0.15) is 5.26 Å². The van der Waals surface area contributed by atoms with E-state index in [1.165, 1.54) is 11.8 Å². The van der Waals surface area contributed by atoms with Gasteiger partial charge >= 0.3 is 5.97 Å². The molecule has 0 aliphatic carbocycles. The molecular formula is C25H24ClN3O3S. The van der Waals surface area contributed by atoms with Crippen LogP contribution in [0.25, 0.3) is 0 Å². The van der Waals surface area contributed by atoms with Gasteiger partial charge in [-0.05, 0) is 44.0 Å². The SMILES string of the molecule is CCOC(=O)C1=C(C)NC(SCC(=O)Nc2ccccc2C)=C(C#N)C1c1ccccc1Cl. The van der Waals surface area contributed by atoms with Crippen molar-refractivity contribution in [2.24, 2.45) is 0 Å². The molecule has 170 valence electrons. The summed E-state index contributed by atoms with van der Waals surface area (Å²) in [5.41, 5.74) is 3.52. The van der Waals surface area contributed by atoms with Crippen molar-refractivity contribution in [1.29, 1.82) is 5.26 Å². The summed E-state index contributed by atoms with van der Waals surface area (Å²) in [6.07, 6.45) is 0. The van der Waals surface area contributed by atoms with Crippen molar-refractivity contribution in [2.45, 2.75) is 26.7 Å². The molecule has 0 saturated carbocycles. The highest BCUT2D eigenvalue weighted by atomic mass is 35.5. The van der Waals surface area contributed by atoms with Gasteiger partial charge in [0.2, 0.25) is 5.91 Å². The van der Waals surface area contributed by atoms with Crippen LogP contribution in [0.3, 0.4) is 0 Å². The Kier molecular flexibility index (Phi) is 8.21. The molecule has 1 aliphatic rings. The van der Waals surface area contributed by atoms with E-state index in [0.717, 1.165) is 11.3 Å². The number of anilines is 1. The smallest absolute Gasteiger partial charge is 0.336 e. The number of benzene rings is 2. The molecule has 0 saturated heterocycles. The number of carbonyl (C=O) groups is 2. The second-order valence-corrected chi connectivity index (χ2v) is 8.74. The van der Waals surface area contributed by atoms with Crippen molar-refractivity contribution in [3.05, 3.63) is 86.6 Å². The first kappa shape index (κ1) is 24.4. The van der Waals surface area contributed by atoms with Crippen LogP contribution in [0.4, 0.5) is 5.69 Å². The minimum atomic E-state index is -0.703. The molecule has 1 atom stereocenters. The number of dihydropyridines is 1. The number of nitriles is 1. The van der Waals surface area contributed by atoms with Crippen molar-refractivity contribution in [3.63, 3.8) is 0 Å². The Bertz CT molecular complexity index is 1180. The number of hydrogen-bond acceptors (Lipinski definition) is 6. The second-order valence-electron chi connectivity index (χ2n) is 7.35. The Morgan fingerprint density at radius 1 is 1.18 bits per heavy atom. The van der Waals surface area contributed by atoms with Gasteiger partial charge in [-0.25, -0.2) is 4.79 Å². The third-order valence-electron chi connectivity index (χ3n) is 5.13. The van der Waals surface area contributed by atoms with E-state index in [9.17, 15) is 14.9 Å². The predicted octanol–water partition coefficient (Wildman–Crippen LogP) is 5.28. The quantitative estimate of drug-likeness (QED) is 0.523. The van der Waals surface area contributed by atoms with Crippen molar-refractivity contribution in [2.75, 3.05) is 17.7 Å². The lowest BCUT2D eigenvalue weighted by atomic mass is 9.82. The van der Waals surface area contributed by atoms with E-state index in [1.54, 1.807) is 38.1 Å². The third kappa shape index (κ3) is 5.59. The summed E-state index contributed by atoms with van der Waals surface area (Å²) in [5, 5.41) is 17.0. The van der Waals surface area contributed by atoms with E-state index in [1.807, 2.05) is 31.2 Å². The molecule has 0 aromatic heterocycles. The van der Waals surface area contributed by atoms with E-state index >= 15 is 0 Å². The largest absolute Gasteiger partial charge is 0.463 e. The summed E-state index contributed by atoms with van der Waals surface area (Å²) in [6, 6.07) is 16.8. The molecule has 2 aromatic rings. The fraction of sp³-hybridized carbons (Fsp3) is 0.240. The van der Waals surface area contributed by atoms with Crippen LogP contribution in [0.1, 0.15) is 30.9 Å². The first-order valence-corrected chi connectivity index (χ1v) is 11.8. The monoisotopic (exact) mass is 481 g/mol. The van der Waals surface area contributed by atoms with Crippen molar-refractivity contribution >= 4 is 40.9 Å². The Morgan fingerprint density at radius 2 is 1.88 bits per heavy atom. The number of aryl methyl sites for hydroxylation is 1. The number of amides is 1. The lowest BCUT2D eigenvalue weighted by Crippen LogP contribution is -2.29. The molecule has 0 fully saturated rings. The summed E-state index contributed by atoms with van der Waals surface area (Å²) in [5.74, 6) is -1.33. The number of rotatable bonds is 7. The van der Waals surface area contributed by atoms with Crippen LogP contribution in [0.15, 0.2) is 70.4 Å². The van der Waals surface area contributed by atoms with Gasteiger partial charge in [-0.1, -0.05) is 59.8 Å². The minimum Gasteiger partial charge on any atom is -0.463 e. The van der Waals surface area contributed by atoms with Gasteiger partial charge in [0.25, 0.3) is 0 Å². The standard InChI is InChI=1S/C25H24ClN3O3S/c1-4-32-25(31)22-16(3)28-24(18(13-27)23(22)17-10-6-7-11-19(17)26)33-14-21(30)29-20-12-8-5-9-15(20)2/h5-12,23,28H,4,14H2,1-3H3,(H,29,30). The predicted molar refractivity (Wildman–Crippen MR) is 132 cm³/mol. The number of carbonyl (C=O) groups excluding carboxylic acids is 2. The van der Waals surface area contributed by atoms with Crippen LogP contribution >= 0.6 is 23.4 Å². The lowest BCUT2D eigenvalue weighted by molar-refractivity contribution is -0.138. The summed E-state index contributed by atoms with van der Waals surface area (Å²) in [4.78, 5) is 25.4. The van der Waals surface area contributed by atoms with Gasteiger partial charge < -0.3 is 15.4 Å². The minimum absolute atomic E-state index is 0.0824. The number of allylic oxidation sites excluding steroid dienone is 2. The van der Waals surface area contributed by atoms with Gasteiger partial charge in [0.1, 0.15) is 0 Å². The van der Waals surface area contributed by atoms with Crippen LogP contribution in [-0.2, 0) is 14.3 Å². The molecule has 1 aliphatic heterocycles. The topological polar surface area (TPSA) is 91.2 Å². The van der Waals surface area contributed by atoms with Crippen LogP contribution in [0.2, 0.25) is 5.02 Å². The number of para-hydroxylation sites is 1. The Morgan fingerprint density at radius 3 is 2.55 bits per heavy atom. The average molecular weight is 482 g/mol. The molecule has 2 N–H and O–H groups in total. The number of esters is 1. The summed E-state index contributed by atoms with van der Waals surface area (Å²) in [6.45, 7) is 5.60. The van der Waals surface area contributed by atoms with E-state index < -0.39 is 11.9 Å². The maximum atomic E-state index is 12.8. The average Bonchev–Trinajstić information content (AvgIpc) is 2.79. The number of halogens is 1. The van der Waals surface area contributed by atoms with Crippen LogP contribution in [-0.4, -0.2) is 24.2 Å². The zero-order chi connectivity index (χ0) is 24.0. The Labute approximate surface area is 202 Å². The number of nitrogens with zero attached hydrogens (tertiary/aromatic N) is 1. The first-order chi connectivity index (χ1) is 15.9. The van der Waals surface area contributed by atoms with Gasteiger partial charge in [-0.15, -0.1) is 0 Å². The molecule has 3 rings (SSSR count). The molecule has 0 radical (unpaired) electrons. The summed E-state index contributed by atoms with van der Waals surface area (Å²) in [7, 11) is 0. The Hall–Kier alpha value is -3.21. The van der Waals surface area contributed by atoms with Gasteiger partial charge in [0, 0.05) is 16.4 Å². The molecular weight excluding hydrogens is 458 g/mol. The highest BCUT2D eigenvalue weighted by Gasteiger charge is 2.36. The second kappa shape index (κ2) is 11.1. The maximum Gasteiger partial charge on any atom is 0.336 e. The number of thioether (sulfide) groups is 1. The van der Waals surface area contributed by atoms with Gasteiger partial charge in [-0.3, -0.25) is 4.79 Å². The molecule has 8 heteroatoms. The van der Waals surface area contributed by atoms with E-state index in [0.29, 0.717) is 32.5 Å². The van der Waals surface area contributed by atoms with E-state index in [-0.39, 0.29) is 18.3 Å². The highest BCUT2D eigenvalue weighted by molar-refractivity contribution is 8.03. The lowest BCUT2D eigenvalue weighted by Gasteiger charge is -2.29. The van der Waals surface area contributed by atoms with Crippen LogP contribution in [0, 0.1) is 18.3 Å². The van der Waals surface area contributed by atoms with Gasteiger partial charge in [0.05, 0.1) is 40.5 Å². The number of ether oxygens (including phenoxy) is 1. The normalized spacial score (nSPS) is 15.5. The number of nitrogens with one attached hydrogen (secondary N) is 2. The zero-order valence-corrected chi connectivity index (χ0v) is 20.1. The van der Waals surface area contributed by atoms with Gasteiger partial charge in [0.15, 0.2) is 0 Å². The number of hydrogen-bond donors (Lipinski definition) is 2. The van der Waals surface area contributed by atoms with E-state index in [4.69, 9.17) is 16.3 Å². The Balaban J connectivity index is 1.92. The molecule has 1 unspecified atom stereocenters. The van der Waals surface area contributed by atoms with E-state index in [2.05, 4.69) is 16.7 Å². The molecule has 33 heavy (non-hydrogen) atoms. The first-order valence-electron chi connectivity index (χ1n) is 10.4. The van der Waals surface area contributed by atoms with Crippen molar-refractivity contribution in [1.82, 2.24) is 5.32 Å². The molecule has 1 heterocycles. The molecule has 2 aromatic carbocycles. The molecule has 0 spiro atoms. The summed E-state index contributed by atoms with van der Waals surface area (Å²) < 4.78 is 5.26. The summed E-state index contributed by atoms with van der Waals surface area (Å²) >= 11 is 7.66. The molecule has 6 nitrogen and oxygen atoms in total. The molecule has 0 bridgehead atoms. The zero-order valence-electron chi connectivity index (χ0n) is 18.6. The fourth-order valence-electron chi connectivity index (χ4n) is 3.56. The fourth-order valence-corrected chi connectivity index (χ4v) is 4.70. The van der Waals surface area contributed by atoms with Crippen molar-refractivity contribution < 1.29 is 14.3 Å².